The monoisotopic (exact) mass is 425 g/mol. The molecule has 1 fully saturated rings. The van der Waals surface area contributed by atoms with E-state index in [0.29, 0.717) is 12.3 Å². The molecule has 1 saturated heterocycles. The Morgan fingerprint density at radius 1 is 1.20 bits per heavy atom. The van der Waals surface area contributed by atoms with Crippen molar-refractivity contribution < 1.29 is 13.9 Å². The third-order valence-corrected chi connectivity index (χ3v) is 5.94. The number of carbonyl (C=O) groups is 1. The maximum Gasteiger partial charge on any atom is 0.230 e. The fourth-order valence-electron chi connectivity index (χ4n) is 3.64. The molecule has 1 aromatic heterocycles. The highest BCUT2D eigenvalue weighted by atomic mass is 32.1. The Balaban J connectivity index is 1.49. The van der Waals surface area contributed by atoms with Crippen molar-refractivity contribution in [1.29, 1.82) is 0 Å². The number of thiazole rings is 1. The first kappa shape index (κ1) is 20.3. The van der Waals surface area contributed by atoms with Crippen molar-refractivity contribution in [3.8, 4) is 16.3 Å². The average Bonchev–Trinajstić information content (AvgIpc) is 3.43. The van der Waals surface area contributed by atoms with Gasteiger partial charge in [0.05, 0.1) is 30.0 Å². The summed E-state index contributed by atoms with van der Waals surface area (Å²) in [6, 6.07) is 12.6. The molecule has 0 atom stereocenters. The summed E-state index contributed by atoms with van der Waals surface area (Å²) in [4.78, 5) is 19.4. The van der Waals surface area contributed by atoms with E-state index in [0.717, 1.165) is 47.9 Å². The van der Waals surface area contributed by atoms with Crippen LogP contribution in [-0.4, -0.2) is 30.6 Å². The fraction of sp³-hybridized carbons (Fsp3) is 0.304. The Morgan fingerprint density at radius 2 is 2.00 bits per heavy atom. The Hall–Kier alpha value is -2.93. The van der Waals surface area contributed by atoms with Crippen molar-refractivity contribution in [3.63, 3.8) is 0 Å². The minimum Gasteiger partial charge on any atom is -0.493 e. The number of anilines is 2. The van der Waals surface area contributed by atoms with Gasteiger partial charge in [-0.25, -0.2) is 9.37 Å². The molecule has 1 aliphatic heterocycles. The van der Waals surface area contributed by atoms with Crippen LogP contribution in [0.15, 0.2) is 47.8 Å². The van der Waals surface area contributed by atoms with Crippen molar-refractivity contribution in [2.45, 2.75) is 26.2 Å². The quantitative estimate of drug-likeness (QED) is 0.570. The maximum atomic E-state index is 14.5. The number of nitrogens with zero attached hydrogens (tertiary/aromatic N) is 2. The molecule has 0 spiro atoms. The topological polar surface area (TPSA) is 54.5 Å². The van der Waals surface area contributed by atoms with E-state index < -0.39 is 5.82 Å². The van der Waals surface area contributed by atoms with Crippen LogP contribution in [0.4, 0.5) is 15.8 Å². The number of hydrogen-bond acceptors (Lipinski definition) is 5. The van der Waals surface area contributed by atoms with Crippen molar-refractivity contribution in [2.75, 3.05) is 29.9 Å². The zero-order valence-electron chi connectivity index (χ0n) is 16.9. The van der Waals surface area contributed by atoms with Crippen molar-refractivity contribution >= 4 is 28.6 Å². The van der Waals surface area contributed by atoms with Crippen LogP contribution in [0.25, 0.3) is 10.6 Å². The minimum atomic E-state index is -0.419. The van der Waals surface area contributed by atoms with Gasteiger partial charge in [0.15, 0.2) is 0 Å². The number of nitrogens with one attached hydrogen (secondary N) is 1. The third kappa shape index (κ3) is 4.46. The molecule has 5 nitrogen and oxygen atoms in total. The molecule has 0 radical (unpaired) electrons. The van der Waals surface area contributed by atoms with Gasteiger partial charge in [-0.15, -0.1) is 11.3 Å². The summed E-state index contributed by atoms with van der Waals surface area (Å²) in [6.07, 6.45) is 2.24. The molecular weight excluding hydrogens is 401 g/mol. The van der Waals surface area contributed by atoms with Gasteiger partial charge in [0.25, 0.3) is 0 Å². The van der Waals surface area contributed by atoms with Gasteiger partial charge < -0.3 is 15.0 Å². The van der Waals surface area contributed by atoms with E-state index in [1.54, 1.807) is 6.07 Å². The van der Waals surface area contributed by atoms with E-state index in [1.807, 2.05) is 42.6 Å². The predicted molar refractivity (Wildman–Crippen MR) is 119 cm³/mol. The summed E-state index contributed by atoms with van der Waals surface area (Å²) in [5.74, 6) is 0.0693. The molecule has 2 heterocycles. The Bertz CT molecular complexity index is 1030. The number of halogens is 1. The number of amides is 1. The third-order valence-electron chi connectivity index (χ3n) is 5.01. The van der Waals surface area contributed by atoms with Crippen molar-refractivity contribution in [2.24, 2.45) is 0 Å². The van der Waals surface area contributed by atoms with Gasteiger partial charge in [0.2, 0.25) is 5.91 Å². The van der Waals surface area contributed by atoms with Gasteiger partial charge in [-0.2, -0.15) is 0 Å². The molecule has 0 bridgehead atoms. The fourth-order valence-corrected chi connectivity index (χ4v) is 4.49. The first-order chi connectivity index (χ1) is 14.7. The molecule has 1 amide bonds. The molecule has 1 aliphatic rings. The van der Waals surface area contributed by atoms with Crippen LogP contribution >= 0.6 is 11.3 Å². The lowest BCUT2D eigenvalue weighted by atomic mass is 10.2. The zero-order valence-corrected chi connectivity index (χ0v) is 17.7. The highest BCUT2D eigenvalue weighted by Gasteiger charge is 2.20. The predicted octanol–water partition coefficient (Wildman–Crippen LogP) is 5.13. The second-order valence-electron chi connectivity index (χ2n) is 7.13. The number of carbonyl (C=O) groups excluding carboxylic acids is 1. The van der Waals surface area contributed by atoms with Gasteiger partial charge in [-0.05, 0) is 44.0 Å². The van der Waals surface area contributed by atoms with Gasteiger partial charge in [-0.3, -0.25) is 4.79 Å². The van der Waals surface area contributed by atoms with E-state index in [4.69, 9.17) is 4.74 Å². The van der Waals surface area contributed by atoms with Crippen LogP contribution in [-0.2, 0) is 11.2 Å². The molecule has 7 heteroatoms. The number of para-hydroxylation sites is 2. The zero-order chi connectivity index (χ0) is 20.9. The van der Waals surface area contributed by atoms with Gasteiger partial charge in [0.1, 0.15) is 22.3 Å². The Morgan fingerprint density at radius 3 is 2.80 bits per heavy atom. The highest BCUT2D eigenvalue weighted by molar-refractivity contribution is 7.13. The molecule has 0 aliphatic carbocycles. The van der Waals surface area contributed by atoms with E-state index >= 15 is 0 Å². The number of ether oxygens (including phenoxy) is 1. The molecule has 0 unspecified atom stereocenters. The lowest BCUT2D eigenvalue weighted by Crippen LogP contribution is -2.22. The van der Waals surface area contributed by atoms with Gasteiger partial charge >= 0.3 is 0 Å². The standard InChI is InChI=1S/C23H24FN3O2S/c1-2-29-20-11-4-3-8-17(20)23-25-16(15-30-23)14-21(28)26-22-18(24)9-7-10-19(22)27-12-5-6-13-27/h3-4,7-11,15H,2,5-6,12-14H2,1H3,(H,26,28). The van der Waals surface area contributed by atoms with E-state index in [-0.39, 0.29) is 18.0 Å². The Kier molecular flexibility index (Phi) is 6.28. The second-order valence-corrected chi connectivity index (χ2v) is 7.98. The summed E-state index contributed by atoms with van der Waals surface area (Å²) in [5, 5.41) is 5.43. The molecule has 156 valence electrons. The molecule has 3 aromatic rings. The SMILES string of the molecule is CCOc1ccccc1-c1nc(CC(=O)Nc2c(F)cccc2N2CCCC2)cs1. The van der Waals surface area contributed by atoms with Crippen molar-refractivity contribution in [1.82, 2.24) is 4.98 Å². The average molecular weight is 426 g/mol. The molecule has 2 aromatic carbocycles. The van der Waals surface area contributed by atoms with Crippen LogP contribution in [0.1, 0.15) is 25.5 Å². The molecule has 4 rings (SSSR count). The first-order valence-electron chi connectivity index (χ1n) is 10.2. The summed E-state index contributed by atoms with van der Waals surface area (Å²) >= 11 is 1.46. The smallest absolute Gasteiger partial charge is 0.230 e. The lowest BCUT2D eigenvalue weighted by molar-refractivity contribution is -0.115. The molecule has 1 N–H and O–H groups in total. The van der Waals surface area contributed by atoms with Gasteiger partial charge in [0, 0.05) is 18.5 Å². The van der Waals surface area contributed by atoms with E-state index in [2.05, 4.69) is 15.2 Å². The summed E-state index contributed by atoms with van der Waals surface area (Å²) in [6.45, 7) is 4.26. The maximum absolute atomic E-state index is 14.5. The van der Waals surface area contributed by atoms with E-state index in [1.165, 1.54) is 17.4 Å². The number of hydrogen-bond donors (Lipinski definition) is 1. The van der Waals surface area contributed by atoms with Gasteiger partial charge in [-0.1, -0.05) is 18.2 Å². The van der Waals surface area contributed by atoms with E-state index in [9.17, 15) is 9.18 Å². The normalized spacial score (nSPS) is 13.5. The highest BCUT2D eigenvalue weighted by Crippen LogP contribution is 2.33. The molecular formula is C23H24FN3O2S. The number of benzene rings is 2. The van der Waals surface area contributed by atoms with Crippen molar-refractivity contribution in [3.05, 3.63) is 59.4 Å². The summed E-state index contributed by atoms with van der Waals surface area (Å²) < 4.78 is 20.2. The Labute approximate surface area is 179 Å². The second kappa shape index (κ2) is 9.26. The van der Waals surface area contributed by atoms with Crippen LogP contribution < -0.4 is 15.0 Å². The largest absolute Gasteiger partial charge is 0.493 e. The minimum absolute atomic E-state index is 0.0844. The summed E-state index contributed by atoms with van der Waals surface area (Å²) in [7, 11) is 0. The lowest BCUT2D eigenvalue weighted by Gasteiger charge is -2.21. The summed E-state index contributed by atoms with van der Waals surface area (Å²) in [5.41, 5.74) is 2.55. The molecule has 30 heavy (non-hydrogen) atoms. The van der Waals surface area contributed by atoms with Crippen LogP contribution in [0, 0.1) is 5.82 Å². The van der Waals surface area contributed by atoms with Crippen LogP contribution in [0.5, 0.6) is 5.75 Å². The van der Waals surface area contributed by atoms with Crippen LogP contribution in [0.2, 0.25) is 0 Å². The van der Waals surface area contributed by atoms with Crippen LogP contribution in [0.3, 0.4) is 0 Å². The number of rotatable bonds is 7. The molecule has 0 saturated carbocycles. The first-order valence-corrected chi connectivity index (χ1v) is 11.0. The number of aromatic nitrogens is 1.